The first-order valence-electron chi connectivity index (χ1n) is 9.13. The fraction of sp³-hybridized carbons (Fsp3) is 0.350. The topological polar surface area (TPSA) is 75.9 Å². The van der Waals surface area contributed by atoms with Gasteiger partial charge >= 0.3 is 0 Å². The molecule has 0 radical (unpaired) electrons. The van der Waals surface area contributed by atoms with Crippen LogP contribution < -0.4 is 4.74 Å². The normalized spacial score (nSPS) is 14.7. The van der Waals surface area contributed by atoms with Gasteiger partial charge in [-0.05, 0) is 36.2 Å². The molecule has 0 bridgehead atoms. The van der Waals surface area contributed by atoms with Crippen LogP contribution in [0, 0.1) is 15.9 Å². The molecular formula is C20H22FN3O4. The maximum absolute atomic E-state index is 12.9. The third-order valence-corrected chi connectivity index (χ3v) is 4.76. The maximum Gasteiger partial charge on any atom is 0.269 e. The summed E-state index contributed by atoms with van der Waals surface area (Å²) in [4.78, 5) is 26.6. The van der Waals surface area contributed by atoms with E-state index in [0.717, 1.165) is 31.6 Å². The Kier molecular flexibility index (Phi) is 6.54. The zero-order valence-electron chi connectivity index (χ0n) is 15.4. The second-order valence-electron chi connectivity index (χ2n) is 6.64. The third-order valence-electron chi connectivity index (χ3n) is 4.76. The number of rotatable bonds is 7. The van der Waals surface area contributed by atoms with Crippen molar-refractivity contribution in [3.05, 3.63) is 70.0 Å². The Hall–Kier alpha value is -3.00. The van der Waals surface area contributed by atoms with Gasteiger partial charge in [0.2, 0.25) is 0 Å². The molecule has 1 heterocycles. The highest BCUT2D eigenvalue weighted by Crippen LogP contribution is 2.14. The number of nitro groups is 1. The van der Waals surface area contributed by atoms with E-state index in [1.165, 1.54) is 36.4 Å². The molecule has 28 heavy (non-hydrogen) atoms. The number of benzene rings is 2. The highest BCUT2D eigenvalue weighted by molar-refractivity contribution is 5.77. The van der Waals surface area contributed by atoms with Crippen molar-refractivity contribution in [2.24, 2.45) is 0 Å². The number of halogens is 1. The number of nitrogens with zero attached hydrogens (tertiary/aromatic N) is 3. The predicted molar refractivity (Wildman–Crippen MR) is 102 cm³/mol. The number of ether oxygens (including phenoxy) is 1. The summed E-state index contributed by atoms with van der Waals surface area (Å²) < 4.78 is 18.3. The first kappa shape index (κ1) is 19.8. The van der Waals surface area contributed by atoms with Crippen LogP contribution in [0.25, 0.3) is 0 Å². The molecule has 148 valence electrons. The summed E-state index contributed by atoms with van der Waals surface area (Å²) in [5, 5.41) is 10.7. The average molecular weight is 387 g/mol. The summed E-state index contributed by atoms with van der Waals surface area (Å²) in [5.41, 5.74) is 1.15. The van der Waals surface area contributed by atoms with E-state index >= 15 is 0 Å². The van der Waals surface area contributed by atoms with Crippen LogP contribution in [0.1, 0.15) is 5.56 Å². The molecule has 0 aromatic heterocycles. The van der Waals surface area contributed by atoms with Crippen LogP contribution >= 0.6 is 0 Å². The van der Waals surface area contributed by atoms with Crippen LogP contribution in [0.15, 0.2) is 48.5 Å². The second-order valence-corrected chi connectivity index (χ2v) is 6.64. The summed E-state index contributed by atoms with van der Waals surface area (Å²) in [6.07, 6.45) is 0.805. The largest absolute Gasteiger partial charge is 0.484 e. The number of carbonyl (C=O) groups is 1. The third kappa shape index (κ3) is 5.50. The van der Waals surface area contributed by atoms with Crippen LogP contribution in [0.5, 0.6) is 5.75 Å². The number of nitro benzene ring substituents is 1. The van der Waals surface area contributed by atoms with E-state index in [4.69, 9.17) is 4.74 Å². The molecule has 0 unspecified atom stereocenters. The Morgan fingerprint density at radius 3 is 2.29 bits per heavy atom. The monoisotopic (exact) mass is 387 g/mol. The van der Waals surface area contributed by atoms with Crippen molar-refractivity contribution in [2.75, 3.05) is 39.3 Å². The molecule has 0 spiro atoms. The zero-order chi connectivity index (χ0) is 19.9. The summed E-state index contributed by atoms with van der Waals surface area (Å²) >= 11 is 0. The molecule has 7 nitrogen and oxygen atoms in total. The van der Waals surface area contributed by atoms with Gasteiger partial charge in [-0.2, -0.15) is 0 Å². The van der Waals surface area contributed by atoms with Gasteiger partial charge in [-0.15, -0.1) is 0 Å². The number of piperazine rings is 1. The Morgan fingerprint density at radius 2 is 1.68 bits per heavy atom. The van der Waals surface area contributed by atoms with Gasteiger partial charge in [-0.1, -0.05) is 12.1 Å². The minimum atomic E-state index is -0.403. The van der Waals surface area contributed by atoms with Crippen molar-refractivity contribution in [2.45, 2.75) is 6.42 Å². The predicted octanol–water partition coefficient (Wildman–Crippen LogP) is 2.50. The molecule has 2 aromatic carbocycles. The van der Waals surface area contributed by atoms with Crippen molar-refractivity contribution in [1.29, 1.82) is 0 Å². The lowest BCUT2D eigenvalue weighted by molar-refractivity contribution is -0.384. The first-order valence-corrected chi connectivity index (χ1v) is 9.13. The van der Waals surface area contributed by atoms with E-state index in [1.54, 1.807) is 17.0 Å². The van der Waals surface area contributed by atoms with Crippen LogP contribution in [0.4, 0.5) is 10.1 Å². The number of non-ortho nitro benzene ring substituents is 1. The van der Waals surface area contributed by atoms with Gasteiger partial charge in [0.1, 0.15) is 11.6 Å². The van der Waals surface area contributed by atoms with E-state index < -0.39 is 4.92 Å². The number of hydrogen-bond donors (Lipinski definition) is 0. The standard InChI is InChI=1S/C20H22FN3O4/c21-17-3-7-19(8-4-17)28-15-20(25)23-13-11-22(12-14-23)10-9-16-1-5-18(6-2-16)24(26)27/h1-8H,9-15H2. The lowest BCUT2D eigenvalue weighted by atomic mass is 10.1. The molecule has 0 saturated carbocycles. The number of amides is 1. The van der Waals surface area contributed by atoms with Crippen molar-refractivity contribution in [1.82, 2.24) is 9.80 Å². The smallest absolute Gasteiger partial charge is 0.269 e. The lowest BCUT2D eigenvalue weighted by Gasteiger charge is -2.34. The Balaban J connectivity index is 1.38. The van der Waals surface area contributed by atoms with Crippen molar-refractivity contribution < 1.29 is 18.8 Å². The molecular weight excluding hydrogens is 365 g/mol. The number of hydrogen-bond acceptors (Lipinski definition) is 5. The Bertz CT molecular complexity index is 803. The minimum absolute atomic E-state index is 0.0611. The Labute approximate surface area is 162 Å². The van der Waals surface area contributed by atoms with Crippen LogP contribution in [0.2, 0.25) is 0 Å². The van der Waals surface area contributed by atoms with Gasteiger partial charge in [0.05, 0.1) is 4.92 Å². The minimum Gasteiger partial charge on any atom is -0.484 e. The molecule has 3 rings (SSSR count). The van der Waals surface area contributed by atoms with Gasteiger partial charge < -0.3 is 9.64 Å². The Morgan fingerprint density at radius 1 is 1.04 bits per heavy atom. The van der Waals surface area contributed by atoms with E-state index in [2.05, 4.69) is 4.90 Å². The lowest BCUT2D eigenvalue weighted by Crippen LogP contribution is -2.50. The molecule has 0 N–H and O–H groups in total. The van der Waals surface area contributed by atoms with Crippen LogP contribution in [-0.2, 0) is 11.2 Å². The molecule has 1 fully saturated rings. The molecule has 1 aliphatic rings. The molecule has 8 heteroatoms. The highest BCUT2D eigenvalue weighted by Gasteiger charge is 2.21. The quantitative estimate of drug-likeness (QED) is 0.539. The SMILES string of the molecule is O=C(COc1ccc(F)cc1)N1CCN(CCc2ccc([N+](=O)[O-])cc2)CC1. The average Bonchev–Trinajstić information content (AvgIpc) is 2.72. The van der Waals surface area contributed by atoms with Gasteiger partial charge in [0.15, 0.2) is 6.61 Å². The van der Waals surface area contributed by atoms with E-state index in [1.807, 2.05) is 0 Å². The summed E-state index contributed by atoms with van der Waals surface area (Å²) in [7, 11) is 0. The maximum atomic E-state index is 12.9. The summed E-state index contributed by atoms with van der Waals surface area (Å²) in [6, 6.07) is 12.2. The van der Waals surface area contributed by atoms with E-state index in [-0.39, 0.29) is 24.0 Å². The summed E-state index contributed by atoms with van der Waals surface area (Å²) in [6.45, 7) is 3.59. The van der Waals surface area contributed by atoms with Gasteiger partial charge in [0.25, 0.3) is 11.6 Å². The van der Waals surface area contributed by atoms with Gasteiger partial charge in [0, 0.05) is 44.9 Å². The highest BCUT2D eigenvalue weighted by atomic mass is 19.1. The second kappa shape index (κ2) is 9.27. The summed E-state index contributed by atoms with van der Waals surface area (Å²) in [5.74, 6) is 0.0411. The fourth-order valence-corrected chi connectivity index (χ4v) is 3.06. The molecule has 1 amide bonds. The molecule has 0 aliphatic carbocycles. The van der Waals surface area contributed by atoms with E-state index in [9.17, 15) is 19.3 Å². The molecule has 1 saturated heterocycles. The number of carbonyl (C=O) groups excluding carboxylic acids is 1. The zero-order valence-corrected chi connectivity index (χ0v) is 15.4. The molecule has 0 atom stereocenters. The van der Waals surface area contributed by atoms with Crippen molar-refractivity contribution >= 4 is 11.6 Å². The van der Waals surface area contributed by atoms with Gasteiger partial charge in [-0.25, -0.2) is 4.39 Å². The van der Waals surface area contributed by atoms with Gasteiger partial charge in [-0.3, -0.25) is 19.8 Å². The van der Waals surface area contributed by atoms with Crippen LogP contribution in [0.3, 0.4) is 0 Å². The van der Waals surface area contributed by atoms with Crippen molar-refractivity contribution in [3.8, 4) is 5.75 Å². The van der Waals surface area contributed by atoms with Crippen molar-refractivity contribution in [3.63, 3.8) is 0 Å². The first-order chi connectivity index (χ1) is 13.5. The molecule has 2 aromatic rings. The van der Waals surface area contributed by atoms with E-state index in [0.29, 0.717) is 18.8 Å². The fourth-order valence-electron chi connectivity index (χ4n) is 3.06. The van der Waals surface area contributed by atoms with Crippen LogP contribution in [-0.4, -0.2) is 60.0 Å². The molecule has 1 aliphatic heterocycles.